The average Bonchev–Trinajstić information content (AvgIpc) is 3.44. The summed E-state index contributed by atoms with van der Waals surface area (Å²) in [4.78, 5) is 20.3. The molecule has 1 N–H and O–H groups in total. The molecule has 2 aromatic heterocycles. The summed E-state index contributed by atoms with van der Waals surface area (Å²) in [5.74, 6) is 0.846. The van der Waals surface area contributed by atoms with Crippen LogP contribution in [0.2, 0.25) is 0 Å². The number of thiophene rings is 1. The van der Waals surface area contributed by atoms with Gasteiger partial charge in [-0.1, -0.05) is 36.4 Å². The number of hydrogen-bond donors (Lipinski definition) is 1. The molecule has 0 unspecified atom stereocenters. The van der Waals surface area contributed by atoms with Crippen molar-refractivity contribution in [2.24, 2.45) is 0 Å². The van der Waals surface area contributed by atoms with Crippen LogP contribution in [0.1, 0.15) is 33.6 Å². The fourth-order valence-corrected chi connectivity index (χ4v) is 6.81. The SMILES string of the molecule is COc1ccc(CCn2cnc3sc4c(c3c2=O)CC[C@H](NC2Cc3ccccc3C2)C4)cc1. The van der Waals surface area contributed by atoms with Crippen LogP contribution in [0.5, 0.6) is 5.75 Å². The molecule has 4 aromatic rings. The van der Waals surface area contributed by atoms with E-state index in [2.05, 4.69) is 46.7 Å². The second kappa shape index (κ2) is 9.01. The predicted octanol–water partition coefficient (Wildman–Crippen LogP) is 4.32. The number of ether oxygens (including phenoxy) is 1. The number of aromatic nitrogens is 2. The Morgan fingerprint density at radius 1 is 1.06 bits per heavy atom. The van der Waals surface area contributed by atoms with Crippen LogP contribution in [0.3, 0.4) is 0 Å². The molecule has 6 rings (SSSR count). The molecule has 0 bridgehead atoms. The summed E-state index contributed by atoms with van der Waals surface area (Å²) in [6, 6.07) is 17.8. The molecule has 0 radical (unpaired) electrons. The third-order valence-electron chi connectivity index (χ3n) is 7.36. The molecule has 0 amide bonds. The predicted molar refractivity (Wildman–Crippen MR) is 137 cm³/mol. The zero-order valence-corrected chi connectivity index (χ0v) is 20.2. The highest BCUT2D eigenvalue weighted by molar-refractivity contribution is 7.18. The largest absolute Gasteiger partial charge is 0.497 e. The van der Waals surface area contributed by atoms with Gasteiger partial charge in [0.2, 0.25) is 0 Å². The van der Waals surface area contributed by atoms with Gasteiger partial charge in [0.1, 0.15) is 10.6 Å². The van der Waals surface area contributed by atoms with E-state index in [4.69, 9.17) is 4.74 Å². The van der Waals surface area contributed by atoms with Gasteiger partial charge in [-0.15, -0.1) is 11.3 Å². The van der Waals surface area contributed by atoms with Crippen molar-refractivity contribution in [3.05, 3.63) is 92.3 Å². The number of hydrogen-bond acceptors (Lipinski definition) is 5. The van der Waals surface area contributed by atoms with Crippen molar-refractivity contribution < 1.29 is 4.74 Å². The third kappa shape index (κ3) is 4.05. The van der Waals surface area contributed by atoms with E-state index in [0.29, 0.717) is 18.6 Å². The smallest absolute Gasteiger partial charge is 0.262 e. The van der Waals surface area contributed by atoms with Crippen molar-refractivity contribution in [2.45, 2.75) is 57.2 Å². The topological polar surface area (TPSA) is 56.2 Å². The lowest BCUT2D eigenvalue weighted by Crippen LogP contribution is -2.41. The quantitative estimate of drug-likeness (QED) is 0.455. The van der Waals surface area contributed by atoms with Gasteiger partial charge >= 0.3 is 0 Å². The van der Waals surface area contributed by atoms with Crippen molar-refractivity contribution >= 4 is 21.6 Å². The van der Waals surface area contributed by atoms with Crippen molar-refractivity contribution in [3.63, 3.8) is 0 Å². The third-order valence-corrected chi connectivity index (χ3v) is 8.52. The molecule has 0 fully saturated rings. The first-order chi connectivity index (χ1) is 16.7. The van der Waals surface area contributed by atoms with Gasteiger partial charge in [-0.3, -0.25) is 9.36 Å². The van der Waals surface area contributed by atoms with E-state index >= 15 is 0 Å². The van der Waals surface area contributed by atoms with Crippen molar-refractivity contribution in [1.82, 2.24) is 14.9 Å². The Hall–Kier alpha value is -2.96. The Kier molecular flexibility index (Phi) is 5.71. The van der Waals surface area contributed by atoms with Gasteiger partial charge in [-0.25, -0.2) is 4.98 Å². The van der Waals surface area contributed by atoms with E-state index < -0.39 is 0 Å². The number of benzene rings is 2. The lowest BCUT2D eigenvalue weighted by Gasteiger charge is -2.26. The van der Waals surface area contributed by atoms with Crippen molar-refractivity contribution in [3.8, 4) is 5.75 Å². The minimum atomic E-state index is 0.105. The Bertz CT molecular complexity index is 1360. The van der Waals surface area contributed by atoms with Crippen LogP contribution in [0.15, 0.2) is 59.7 Å². The summed E-state index contributed by atoms with van der Waals surface area (Å²) < 4.78 is 7.01. The highest BCUT2D eigenvalue weighted by atomic mass is 32.1. The van der Waals surface area contributed by atoms with Gasteiger partial charge in [0.15, 0.2) is 0 Å². The first-order valence-corrected chi connectivity index (χ1v) is 12.9. The van der Waals surface area contributed by atoms with Crippen LogP contribution in [0, 0.1) is 0 Å². The molecular weight excluding hydrogens is 442 g/mol. The minimum absolute atomic E-state index is 0.105. The molecule has 2 aromatic carbocycles. The fraction of sp³-hybridized carbons (Fsp3) is 0.357. The molecule has 0 spiro atoms. The zero-order chi connectivity index (χ0) is 23.1. The lowest BCUT2D eigenvalue weighted by atomic mass is 9.92. The van der Waals surface area contributed by atoms with Gasteiger partial charge in [0.25, 0.3) is 5.56 Å². The molecule has 0 saturated heterocycles. The van der Waals surface area contributed by atoms with E-state index in [1.54, 1.807) is 29.3 Å². The maximum atomic E-state index is 13.4. The maximum absolute atomic E-state index is 13.4. The Balaban J connectivity index is 1.16. The molecule has 5 nitrogen and oxygen atoms in total. The summed E-state index contributed by atoms with van der Waals surface area (Å²) >= 11 is 1.71. The Morgan fingerprint density at radius 3 is 2.56 bits per heavy atom. The van der Waals surface area contributed by atoms with Crippen LogP contribution in [-0.4, -0.2) is 28.7 Å². The number of fused-ring (bicyclic) bond motifs is 4. The van der Waals surface area contributed by atoms with Gasteiger partial charge < -0.3 is 10.1 Å². The summed E-state index contributed by atoms with van der Waals surface area (Å²) in [5, 5.41) is 4.77. The fourth-order valence-electron chi connectivity index (χ4n) is 5.55. The van der Waals surface area contributed by atoms with Crippen LogP contribution in [-0.2, 0) is 38.6 Å². The van der Waals surface area contributed by atoms with Crippen LogP contribution >= 0.6 is 11.3 Å². The van der Waals surface area contributed by atoms with E-state index in [1.807, 2.05) is 12.1 Å². The van der Waals surface area contributed by atoms with Crippen molar-refractivity contribution in [2.75, 3.05) is 7.11 Å². The zero-order valence-electron chi connectivity index (χ0n) is 19.4. The van der Waals surface area contributed by atoms with Gasteiger partial charge in [-0.2, -0.15) is 0 Å². The Morgan fingerprint density at radius 2 is 1.82 bits per heavy atom. The first kappa shape index (κ1) is 21.6. The first-order valence-electron chi connectivity index (χ1n) is 12.1. The molecule has 2 aliphatic carbocycles. The van der Waals surface area contributed by atoms with Gasteiger partial charge in [0.05, 0.1) is 18.8 Å². The molecule has 2 aliphatic rings. The number of nitrogens with zero attached hydrogens (tertiary/aromatic N) is 2. The highest BCUT2D eigenvalue weighted by Gasteiger charge is 2.28. The summed E-state index contributed by atoms with van der Waals surface area (Å²) in [5.41, 5.74) is 5.50. The normalized spacial score (nSPS) is 17.6. The molecule has 0 aliphatic heterocycles. The second-order valence-electron chi connectivity index (χ2n) is 9.51. The standard InChI is InChI=1S/C28H29N3O2S/c1-33-23-9-6-18(7-10-23)12-13-31-17-29-27-26(28(31)32)24-11-8-21(16-25(24)34-27)30-22-14-19-4-2-3-5-20(19)15-22/h2-7,9-10,17,21-22,30H,8,11-16H2,1H3/t21-/m0/s1. The maximum Gasteiger partial charge on any atom is 0.262 e. The number of methoxy groups -OCH3 is 1. The van der Waals surface area contributed by atoms with Crippen LogP contribution < -0.4 is 15.6 Å². The molecule has 2 heterocycles. The molecule has 0 saturated carbocycles. The molecule has 174 valence electrons. The van der Waals surface area contributed by atoms with Crippen LogP contribution in [0.25, 0.3) is 10.2 Å². The lowest BCUT2D eigenvalue weighted by molar-refractivity contribution is 0.402. The van der Waals surface area contributed by atoms with E-state index in [0.717, 1.165) is 54.5 Å². The van der Waals surface area contributed by atoms with Gasteiger partial charge in [0, 0.05) is 23.5 Å². The minimum Gasteiger partial charge on any atom is -0.497 e. The number of nitrogens with one attached hydrogen (secondary N) is 1. The van der Waals surface area contributed by atoms with Crippen LogP contribution in [0.4, 0.5) is 0 Å². The number of rotatable bonds is 6. The Labute approximate surface area is 203 Å². The summed E-state index contributed by atoms with van der Waals surface area (Å²) in [6.07, 6.45) is 7.77. The van der Waals surface area contributed by atoms with E-state index in [-0.39, 0.29) is 5.56 Å². The molecule has 34 heavy (non-hydrogen) atoms. The molecule has 1 atom stereocenters. The summed E-state index contributed by atoms with van der Waals surface area (Å²) in [7, 11) is 1.67. The summed E-state index contributed by atoms with van der Waals surface area (Å²) in [6.45, 7) is 0.630. The molecular formula is C28H29N3O2S. The highest BCUT2D eigenvalue weighted by Crippen LogP contribution is 2.34. The monoisotopic (exact) mass is 471 g/mol. The van der Waals surface area contributed by atoms with Gasteiger partial charge in [-0.05, 0) is 72.9 Å². The molecule has 6 heteroatoms. The van der Waals surface area contributed by atoms with E-state index in [1.165, 1.54) is 27.1 Å². The average molecular weight is 472 g/mol. The van der Waals surface area contributed by atoms with Crippen molar-refractivity contribution in [1.29, 1.82) is 0 Å². The van der Waals surface area contributed by atoms with E-state index in [9.17, 15) is 4.79 Å². The number of aryl methyl sites for hydroxylation is 3. The second-order valence-corrected chi connectivity index (χ2v) is 10.6.